The van der Waals surface area contributed by atoms with Crippen molar-refractivity contribution in [3.8, 4) is 11.5 Å². The van der Waals surface area contributed by atoms with Crippen LogP contribution in [0.2, 0.25) is 0 Å². The van der Waals surface area contributed by atoms with Crippen molar-refractivity contribution in [3.05, 3.63) is 27.9 Å². The lowest BCUT2D eigenvalue weighted by Gasteiger charge is -2.13. The number of methoxy groups -OCH3 is 2. The molecule has 2 aromatic rings. The number of nitrogens with zero attached hydrogens (tertiary/aromatic N) is 3. The highest BCUT2D eigenvalue weighted by molar-refractivity contribution is 9.10. The molecule has 0 saturated carbocycles. The maximum atomic E-state index is 5.80. The number of rotatable bonds is 5. The standard InChI is InChI=1S/C13H17BrN4O2/c1-4-10-13(15)16-17-18(10)7-8-5-12(20-3)9(14)6-11(8)19-2/h5-6H,4,7,15H2,1-3H3. The Morgan fingerprint density at radius 2 is 1.95 bits per heavy atom. The zero-order valence-electron chi connectivity index (χ0n) is 11.7. The van der Waals surface area contributed by atoms with Crippen LogP contribution in [0.15, 0.2) is 16.6 Å². The molecule has 2 N–H and O–H groups in total. The van der Waals surface area contributed by atoms with Gasteiger partial charge in [-0.15, -0.1) is 5.10 Å². The fraction of sp³-hybridized carbons (Fsp3) is 0.385. The van der Waals surface area contributed by atoms with Gasteiger partial charge in [-0.2, -0.15) is 0 Å². The van der Waals surface area contributed by atoms with Crippen LogP contribution in [0.3, 0.4) is 0 Å². The third kappa shape index (κ3) is 2.72. The van der Waals surface area contributed by atoms with Gasteiger partial charge >= 0.3 is 0 Å². The molecule has 0 saturated heterocycles. The molecule has 20 heavy (non-hydrogen) atoms. The molecule has 6 nitrogen and oxygen atoms in total. The number of hydrogen-bond donors (Lipinski definition) is 1. The first-order valence-corrected chi connectivity index (χ1v) is 6.98. The van der Waals surface area contributed by atoms with E-state index in [2.05, 4.69) is 26.2 Å². The fourth-order valence-corrected chi connectivity index (χ4v) is 2.53. The lowest BCUT2D eigenvalue weighted by molar-refractivity contribution is 0.394. The molecular formula is C13H17BrN4O2. The molecule has 7 heteroatoms. The van der Waals surface area contributed by atoms with Gasteiger partial charge in [0.15, 0.2) is 5.82 Å². The summed E-state index contributed by atoms with van der Waals surface area (Å²) in [5.74, 6) is 1.97. The molecule has 1 heterocycles. The average Bonchev–Trinajstić information content (AvgIpc) is 2.80. The van der Waals surface area contributed by atoms with Gasteiger partial charge in [-0.3, -0.25) is 0 Å². The Hall–Kier alpha value is -1.76. The van der Waals surface area contributed by atoms with Gasteiger partial charge in [-0.1, -0.05) is 12.1 Å². The second-order valence-electron chi connectivity index (χ2n) is 4.23. The van der Waals surface area contributed by atoms with E-state index in [0.717, 1.165) is 33.6 Å². The SMILES string of the molecule is CCc1c(N)nnn1Cc1cc(OC)c(Br)cc1OC. The number of nitrogen functional groups attached to an aromatic ring is 1. The predicted octanol–water partition coefficient (Wildman–Crippen LogP) is 2.25. The van der Waals surface area contributed by atoms with Crippen LogP contribution in [0, 0.1) is 0 Å². The molecule has 0 unspecified atom stereocenters. The van der Waals surface area contributed by atoms with Crippen LogP contribution in [-0.2, 0) is 13.0 Å². The van der Waals surface area contributed by atoms with Crippen LogP contribution in [0.25, 0.3) is 0 Å². The highest BCUT2D eigenvalue weighted by atomic mass is 79.9. The van der Waals surface area contributed by atoms with E-state index < -0.39 is 0 Å². The van der Waals surface area contributed by atoms with E-state index in [1.165, 1.54) is 0 Å². The Labute approximate surface area is 126 Å². The molecule has 0 aliphatic heterocycles. The first kappa shape index (κ1) is 14.6. The largest absolute Gasteiger partial charge is 0.496 e. The van der Waals surface area contributed by atoms with Gasteiger partial charge in [-0.25, -0.2) is 4.68 Å². The summed E-state index contributed by atoms with van der Waals surface area (Å²) < 4.78 is 13.3. The molecule has 0 atom stereocenters. The second-order valence-corrected chi connectivity index (χ2v) is 5.09. The van der Waals surface area contributed by atoms with Crippen LogP contribution in [0.4, 0.5) is 5.82 Å². The molecule has 0 spiro atoms. The lowest BCUT2D eigenvalue weighted by atomic mass is 10.2. The van der Waals surface area contributed by atoms with Gasteiger partial charge in [0.1, 0.15) is 11.5 Å². The highest BCUT2D eigenvalue weighted by Gasteiger charge is 2.14. The van der Waals surface area contributed by atoms with Crippen LogP contribution in [0.1, 0.15) is 18.2 Å². The third-order valence-corrected chi connectivity index (χ3v) is 3.70. The van der Waals surface area contributed by atoms with E-state index in [1.54, 1.807) is 18.9 Å². The van der Waals surface area contributed by atoms with Crippen molar-refractivity contribution >= 4 is 21.7 Å². The molecule has 0 radical (unpaired) electrons. The van der Waals surface area contributed by atoms with Crippen molar-refractivity contribution < 1.29 is 9.47 Å². The minimum atomic E-state index is 0.468. The van der Waals surface area contributed by atoms with Crippen LogP contribution in [-0.4, -0.2) is 29.2 Å². The zero-order chi connectivity index (χ0) is 14.7. The van der Waals surface area contributed by atoms with Gasteiger partial charge in [0.2, 0.25) is 0 Å². The molecule has 0 bridgehead atoms. The number of hydrogen-bond acceptors (Lipinski definition) is 5. The van der Waals surface area contributed by atoms with Gasteiger partial charge in [0.05, 0.1) is 30.9 Å². The summed E-state index contributed by atoms with van der Waals surface area (Å²) >= 11 is 3.44. The third-order valence-electron chi connectivity index (χ3n) is 3.08. The van der Waals surface area contributed by atoms with Crippen LogP contribution < -0.4 is 15.2 Å². The van der Waals surface area contributed by atoms with E-state index in [1.807, 2.05) is 19.1 Å². The second kappa shape index (κ2) is 6.13. The lowest BCUT2D eigenvalue weighted by Crippen LogP contribution is -2.08. The molecule has 2 rings (SSSR count). The van der Waals surface area contributed by atoms with Crippen LogP contribution in [0.5, 0.6) is 11.5 Å². The highest BCUT2D eigenvalue weighted by Crippen LogP contribution is 2.33. The molecule has 0 aliphatic rings. The summed E-state index contributed by atoms with van der Waals surface area (Å²) in [5, 5.41) is 7.98. The molecule has 108 valence electrons. The normalized spacial score (nSPS) is 10.6. The number of nitrogens with two attached hydrogens (primary N) is 1. The molecule has 1 aromatic heterocycles. The minimum absolute atomic E-state index is 0.468. The van der Waals surface area contributed by atoms with E-state index in [0.29, 0.717) is 12.4 Å². The van der Waals surface area contributed by atoms with Crippen molar-refractivity contribution in [3.63, 3.8) is 0 Å². The molecule has 1 aromatic carbocycles. The van der Waals surface area contributed by atoms with Gasteiger partial charge in [0.25, 0.3) is 0 Å². The number of anilines is 1. The maximum Gasteiger partial charge on any atom is 0.169 e. The number of benzene rings is 1. The first-order chi connectivity index (χ1) is 9.60. The molecule has 0 amide bonds. The van der Waals surface area contributed by atoms with Crippen molar-refractivity contribution in [2.45, 2.75) is 19.9 Å². The Bertz CT molecular complexity index is 613. The van der Waals surface area contributed by atoms with Gasteiger partial charge in [-0.05, 0) is 34.5 Å². The summed E-state index contributed by atoms with van der Waals surface area (Å²) in [4.78, 5) is 0. The number of aromatic nitrogens is 3. The van der Waals surface area contributed by atoms with E-state index in [9.17, 15) is 0 Å². The van der Waals surface area contributed by atoms with Crippen molar-refractivity contribution in [2.24, 2.45) is 0 Å². The maximum absolute atomic E-state index is 5.80. The molecular weight excluding hydrogens is 324 g/mol. The van der Waals surface area contributed by atoms with E-state index >= 15 is 0 Å². The summed E-state index contributed by atoms with van der Waals surface area (Å²) in [7, 11) is 3.26. The van der Waals surface area contributed by atoms with Gasteiger partial charge in [0, 0.05) is 5.56 Å². The number of halogens is 1. The van der Waals surface area contributed by atoms with Crippen molar-refractivity contribution in [1.29, 1.82) is 0 Å². The Kier molecular flexibility index (Phi) is 4.49. The van der Waals surface area contributed by atoms with E-state index in [-0.39, 0.29) is 0 Å². The average molecular weight is 341 g/mol. The summed E-state index contributed by atoms with van der Waals surface area (Å²) in [6.07, 6.45) is 0.773. The fourth-order valence-electron chi connectivity index (χ4n) is 2.05. The van der Waals surface area contributed by atoms with E-state index in [4.69, 9.17) is 15.2 Å². The summed E-state index contributed by atoms with van der Waals surface area (Å²) in [6.45, 7) is 2.55. The Balaban J connectivity index is 2.41. The smallest absolute Gasteiger partial charge is 0.169 e. The number of ether oxygens (including phenoxy) is 2. The molecule has 0 aliphatic carbocycles. The topological polar surface area (TPSA) is 75.2 Å². The summed E-state index contributed by atoms with van der Waals surface area (Å²) in [5.41, 5.74) is 7.66. The Morgan fingerprint density at radius 3 is 2.55 bits per heavy atom. The van der Waals surface area contributed by atoms with Crippen LogP contribution >= 0.6 is 15.9 Å². The van der Waals surface area contributed by atoms with Crippen molar-refractivity contribution in [1.82, 2.24) is 15.0 Å². The van der Waals surface area contributed by atoms with Crippen molar-refractivity contribution in [2.75, 3.05) is 20.0 Å². The zero-order valence-corrected chi connectivity index (χ0v) is 13.3. The predicted molar refractivity (Wildman–Crippen MR) is 80.2 cm³/mol. The Morgan fingerprint density at radius 1 is 1.25 bits per heavy atom. The quantitative estimate of drug-likeness (QED) is 0.903. The first-order valence-electron chi connectivity index (χ1n) is 6.18. The summed E-state index contributed by atoms with van der Waals surface area (Å²) in [6, 6.07) is 3.79. The van der Waals surface area contributed by atoms with Gasteiger partial charge < -0.3 is 15.2 Å². The molecule has 0 fully saturated rings. The minimum Gasteiger partial charge on any atom is -0.496 e. The monoisotopic (exact) mass is 340 g/mol.